The number of thiophene rings is 1. The number of halogens is 1. The fraction of sp³-hybridized carbons (Fsp3) is 0.125. The Morgan fingerprint density at radius 2 is 2.42 bits per heavy atom. The van der Waals surface area contributed by atoms with E-state index in [1.165, 1.54) is 11.3 Å². The third kappa shape index (κ3) is 1.16. The van der Waals surface area contributed by atoms with E-state index >= 15 is 0 Å². The summed E-state index contributed by atoms with van der Waals surface area (Å²) in [5.41, 5.74) is 0. The molecule has 2 heterocycles. The highest BCUT2D eigenvalue weighted by Crippen LogP contribution is 2.33. The van der Waals surface area contributed by atoms with E-state index in [0.717, 1.165) is 19.6 Å². The topological polar surface area (TPSA) is 33.1 Å². The van der Waals surface area contributed by atoms with Crippen molar-refractivity contribution in [3.05, 3.63) is 27.7 Å². The summed E-state index contributed by atoms with van der Waals surface area (Å²) in [7, 11) is 0. The summed E-state index contributed by atoms with van der Waals surface area (Å²) in [6.07, 6.45) is 1.76. The first-order valence-corrected chi connectivity index (χ1v) is 5.06. The molecule has 0 saturated heterocycles. The molecule has 0 radical (unpaired) electrons. The van der Waals surface area contributed by atoms with Gasteiger partial charge in [-0.15, -0.1) is 11.3 Å². The Morgan fingerprint density at radius 1 is 1.58 bits per heavy atom. The summed E-state index contributed by atoms with van der Waals surface area (Å²) in [5.74, 6) is 0. The first kappa shape index (κ1) is 8.16. The molecule has 0 bridgehead atoms. The van der Waals surface area contributed by atoms with E-state index in [0.29, 0.717) is 0 Å². The lowest BCUT2D eigenvalue weighted by Crippen LogP contribution is -1.74. The van der Waals surface area contributed by atoms with Crippen molar-refractivity contribution in [2.24, 2.45) is 0 Å². The van der Waals surface area contributed by atoms with Gasteiger partial charge in [-0.3, -0.25) is 0 Å². The molecular weight excluding hydrogens is 238 g/mol. The van der Waals surface area contributed by atoms with Crippen molar-refractivity contribution < 1.29 is 5.11 Å². The highest BCUT2D eigenvalue weighted by molar-refractivity contribution is 9.10. The Hall–Kier alpha value is -0.450. The third-order valence-corrected chi connectivity index (χ3v) is 3.88. The summed E-state index contributed by atoms with van der Waals surface area (Å²) >= 11 is 4.94. The van der Waals surface area contributed by atoms with Crippen LogP contribution in [0.3, 0.4) is 0 Å². The van der Waals surface area contributed by atoms with Crippen molar-refractivity contribution in [2.75, 3.05) is 0 Å². The van der Waals surface area contributed by atoms with Gasteiger partial charge in [0.15, 0.2) is 0 Å². The molecule has 4 heteroatoms. The van der Waals surface area contributed by atoms with Gasteiger partial charge < -0.3 is 5.11 Å². The molecule has 2 nitrogen and oxygen atoms in total. The first-order chi connectivity index (χ1) is 5.83. The molecule has 2 aromatic rings. The molecule has 0 atom stereocenters. The molecule has 12 heavy (non-hydrogen) atoms. The molecule has 0 saturated carbocycles. The smallest absolute Gasteiger partial charge is 0.124 e. The summed E-state index contributed by atoms with van der Waals surface area (Å²) in [6, 6.07) is 3.88. The van der Waals surface area contributed by atoms with Crippen LogP contribution in [0.15, 0.2) is 22.8 Å². The standard InChI is InChI=1S/C8H6BrNOS/c9-7-5-2-1-3-10-8(5)12-6(7)4-11/h1-3,11H,4H2. The molecule has 0 aromatic carbocycles. The average molecular weight is 244 g/mol. The second kappa shape index (κ2) is 3.12. The van der Waals surface area contributed by atoms with Gasteiger partial charge in [-0.1, -0.05) is 0 Å². The number of hydrogen-bond donors (Lipinski definition) is 1. The molecule has 2 aromatic heterocycles. The van der Waals surface area contributed by atoms with Crippen molar-refractivity contribution in [2.45, 2.75) is 6.61 Å². The zero-order valence-corrected chi connectivity index (χ0v) is 8.52. The van der Waals surface area contributed by atoms with Gasteiger partial charge in [0, 0.05) is 20.9 Å². The van der Waals surface area contributed by atoms with Crippen LogP contribution in [-0.2, 0) is 6.61 Å². The van der Waals surface area contributed by atoms with Gasteiger partial charge in [0.2, 0.25) is 0 Å². The number of aromatic nitrogens is 1. The monoisotopic (exact) mass is 243 g/mol. The fourth-order valence-corrected chi connectivity index (χ4v) is 2.76. The molecule has 0 spiro atoms. The van der Waals surface area contributed by atoms with Crippen molar-refractivity contribution in [3.8, 4) is 0 Å². The zero-order chi connectivity index (χ0) is 8.55. The maximum atomic E-state index is 8.97. The number of pyridine rings is 1. The predicted octanol–water partition coefficient (Wildman–Crippen LogP) is 2.55. The number of aliphatic hydroxyl groups is 1. The maximum absolute atomic E-state index is 8.97. The molecule has 1 N–H and O–H groups in total. The number of aliphatic hydroxyl groups excluding tert-OH is 1. The van der Waals surface area contributed by atoms with E-state index in [1.54, 1.807) is 6.20 Å². The molecule has 0 amide bonds. The second-order valence-electron chi connectivity index (χ2n) is 2.35. The minimum Gasteiger partial charge on any atom is -0.391 e. The number of rotatable bonds is 1. The van der Waals surface area contributed by atoms with Crippen LogP contribution < -0.4 is 0 Å². The molecule has 0 aliphatic carbocycles. The minimum atomic E-state index is 0.0710. The summed E-state index contributed by atoms with van der Waals surface area (Å²) in [4.78, 5) is 6.09. The Bertz CT molecular complexity index is 412. The summed E-state index contributed by atoms with van der Waals surface area (Å²) in [5, 5.41) is 10.0. The van der Waals surface area contributed by atoms with Gasteiger partial charge in [-0.05, 0) is 28.1 Å². The van der Waals surface area contributed by atoms with Crippen LogP contribution in [0.1, 0.15) is 4.88 Å². The van der Waals surface area contributed by atoms with Gasteiger partial charge in [0.25, 0.3) is 0 Å². The summed E-state index contributed by atoms with van der Waals surface area (Å²) in [6.45, 7) is 0.0710. The largest absolute Gasteiger partial charge is 0.391 e. The normalized spacial score (nSPS) is 10.8. The Labute approximate surface area is 82.0 Å². The van der Waals surface area contributed by atoms with Crippen LogP contribution in [0, 0.1) is 0 Å². The van der Waals surface area contributed by atoms with Crippen molar-refractivity contribution in [1.29, 1.82) is 0 Å². The number of hydrogen-bond acceptors (Lipinski definition) is 3. The van der Waals surface area contributed by atoms with Crippen LogP contribution in [0.4, 0.5) is 0 Å². The van der Waals surface area contributed by atoms with Crippen LogP contribution in [0.5, 0.6) is 0 Å². The molecule has 0 aliphatic heterocycles. The zero-order valence-electron chi connectivity index (χ0n) is 6.12. The number of fused-ring (bicyclic) bond motifs is 1. The first-order valence-electron chi connectivity index (χ1n) is 3.45. The van der Waals surface area contributed by atoms with Gasteiger partial charge in [-0.2, -0.15) is 0 Å². The van der Waals surface area contributed by atoms with Crippen LogP contribution in [0.25, 0.3) is 10.2 Å². The van der Waals surface area contributed by atoms with Crippen molar-refractivity contribution >= 4 is 37.5 Å². The highest BCUT2D eigenvalue weighted by Gasteiger charge is 2.08. The summed E-state index contributed by atoms with van der Waals surface area (Å²) < 4.78 is 0.970. The van der Waals surface area contributed by atoms with E-state index in [4.69, 9.17) is 5.11 Å². The molecule has 0 aliphatic rings. The Balaban J connectivity index is 2.78. The van der Waals surface area contributed by atoms with E-state index in [2.05, 4.69) is 20.9 Å². The lowest BCUT2D eigenvalue weighted by molar-refractivity contribution is 0.285. The Kier molecular flexibility index (Phi) is 2.12. The van der Waals surface area contributed by atoms with Gasteiger partial charge in [0.05, 0.1) is 6.61 Å². The van der Waals surface area contributed by atoms with Gasteiger partial charge >= 0.3 is 0 Å². The predicted molar refractivity (Wildman–Crippen MR) is 53.2 cm³/mol. The lowest BCUT2D eigenvalue weighted by Gasteiger charge is -1.88. The van der Waals surface area contributed by atoms with E-state index in [1.807, 2.05) is 12.1 Å². The van der Waals surface area contributed by atoms with Crippen molar-refractivity contribution in [1.82, 2.24) is 4.98 Å². The van der Waals surface area contributed by atoms with Crippen molar-refractivity contribution in [3.63, 3.8) is 0 Å². The van der Waals surface area contributed by atoms with Gasteiger partial charge in [-0.25, -0.2) is 4.98 Å². The molecule has 62 valence electrons. The Morgan fingerprint density at radius 3 is 3.08 bits per heavy atom. The second-order valence-corrected chi connectivity index (χ2v) is 4.23. The highest BCUT2D eigenvalue weighted by atomic mass is 79.9. The maximum Gasteiger partial charge on any atom is 0.124 e. The average Bonchev–Trinajstić information content (AvgIpc) is 2.44. The SMILES string of the molecule is OCc1sc2ncccc2c1Br. The van der Waals surface area contributed by atoms with Crippen LogP contribution in [-0.4, -0.2) is 10.1 Å². The molecule has 2 rings (SSSR count). The molecule has 0 fully saturated rings. The van der Waals surface area contributed by atoms with E-state index in [-0.39, 0.29) is 6.61 Å². The lowest BCUT2D eigenvalue weighted by atomic mass is 10.3. The number of nitrogens with zero attached hydrogens (tertiary/aromatic N) is 1. The quantitative estimate of drug-likeness (QED) is 0.836. The van der Waals surface area contributed by atoms with Crippen LogP contribution in [0.2, 0.25) is 0 Å². The fourth-order valence-electron chi connectivity index (χ4n) is 1.05. The molecule has 0 unspecified atom stereocenters. The van der Waals surface area contributed by atoms with E-state index < -0.39 is 0 Å². The minimum absolute atomic E-state index is 0.0710. The molecular formula is C8H6BrNOS. The third-order valence-electron chi connectivity index (χ3n) is 1.62. The van der Waals surface area contributed by atoms with E-state index in [9.17, 15) is 0 Å². The van der Waals surface area contributed by atoms with Crippen LogP contribution >= 0.6 is 27.3 Å². The van der Waals surface area contributed by atoms with Gasteiger partial charge in [0.1, 0.15) is 4.83 Å².